The highest BCUT2D eigenvalue weighted by molar-refractivity contribution is 5.77. The lowest BCUT2D eigenvalue weighted by Crippen LogP contribution is -2.49. The van der Waals surface area contributed by atoms with Crippen LogP contribution in [0.1, 0.15) is 57.8 Å². The SMILES string of the molecule is CN1CCC(NC(=O)CC23CC4CC(CC(C4)C2)C3)CC1. The van der Waals surface area contributed by atoms with Gasteiger partial charge in [-0.2, -0.15) is 0 Å². The molecule has 0 aromatic carbocycles. The summed E-state index contributed by atoms with van der Waals surface area (Å²) in [7, 11) is 2.17. The number of nitrogens with zero attached hydrogens (tertiary/aromatic N) is 1. The van der Waals surface area contributed by atoms with Crippen molar-refractivity contribution >= 4 is 5.91 Å². The van der Waals surface area contributed by atoms with Crippen molar-refractivity contribution in [2.24, 2.45) is 23.2 Å². The van der Waals surface area contributed by atoms with E-state index in [0.29, 0.717) is 17.4 Å². The van der Waals surface area contributed by atoms with E-state index in [-0.39, 0.29) is 0 Å². The zero-order chi connectivity index (χ0) is 14.4. The van der Waals surface area contributed by atoms with Crippen molar-refractivity contribution < 1.29 is 4.79 Å². The molecule has 0 spiro atoms. The average Bonchev–Trinajstić information content (AvgIpc) is 2.39. The fourth-order valence-electron chi connectivity index (χ4n) is 6.28. The Kier molecular flexibility index (Phi) is 3.52. The van der Waals surface area contributed by atoms with Crippen LogP contribution in [0.5, 0.6) is 0 Å². The molecule has 3 nitrogen and oxygen atoms in total. The van der Waals surface area contributed by atoms with Crippen LogP contribution >= 0.6 is 0 Å². The molecule has 5 rings (SSSR count). The summed E-state index contributed by atoms with van der Waals surface area (Å²) in [5, 5.41) is 3.35. The van der Waals surface area contributed by atoms with E-state index in [1.807, 2.05) is 0 Å². The van der Waals surface area contributed by atoms with Gasteiger partial charge in [-0.3, -0.25) is 4.79 Å². The molecular weight excluding hydrogens is 260 g/mol. The van der Waals surface area contributed by atoms with E-state index in [1.54, 1.807) is 0 Å². The van der Waals surface area contributed by atoms with Gasteiger partial charge in [0.05, 0.1) is 0 Å². The maximum atomic E-state index is 12.6. The minimum atomic E-state index is 0.353. The molecule has 0 aromatic rings. The Bertz CT molecular complexity index is 376. The Morgan fingerprint density at radius 2 is 1.57 bits per heavy atom. The van der Waals surface area contributed by atoms with Crippen LogP contribution in [0.25, 0.3) is 0 Å². The molecule has 0 radical (unpaired) electrons. The van der Waals surface area contributed by atoms with E-state index >= 15 is 0 Å². The first-order chi connectivity index (χ1) is 10.1. The summed E-state index contributed by atoms with van der Waals surface area (Å²) < 4.78 is 0. The molecule has 1 amide bonds. The summed E-state index contributed by atoms with van der Waals surface area (Å²) in [6.07, 6.45) is 11.5. The molecule has 1 N–H and O–H groups in total. The van der Waals surface area contributed by atoms with Gasteiger partial charge in [0.15, 0.2) is 0 Å². The summed E-state index contributed by atoms with van der Waals surface area (Å²) in [5.74, 6) is 3.21. The van der Waals surface area contributed by atoms with Crippen LogP contribution < -0.4 is 5.32 Å². The van der Waals surface area contributed by atoms with Crippen molar-refractivity contribution in [3.05, 3.63) is 0 Å². The van der Waals surface area contributed by atoms with E-state index in [4.69, 9.17) is 0 Å². The molecule has 0 atom stereocenters. The molecule has 3 heteroatoms. The molecule has 118 valence electrons. The van der Waals surface area contributed by atoms with Gasteiger partial charge in [0, 0.05) is 12.5 Å². The maximum Gasteiger partial charge on any atom is 0.220 e. The average molecular weight is 290 g/mol. The summed E-state index contributed by atoms with van der Waals surface area (Å²) in [5.41, 5.74) is 0.393. The molecule has 1 saturated heterocycles. The van der Waals surface area contributed by atoms with E-state index in [0.717, 1.165) is 50.1 Å². The van der Waals surface area contributed by atoms with E-state index in [2.05, 4.69) is 17.3 Å². The van der Waals surface area contributed by atoms with Gasteiger partial charge in [-0.25, -0.2) is 0 Å². The summed E-state index contributed by atoms with van der Waals surface area (Å²) >= 11 is 0. The van der Waals surface area contributed by atoms with Gasteiger partial charge in [-0.15, -0.1) is 0 Å². The molecular formula is C18H30N2O. The van der Waals surface area contributed by atoms with Crippen molar-refractivity contribution in [2.75, 3.05) is 20.1 Å². The van der Waals surface area contributed by atoms with Gasteiger partial charge in [0.1, 0.15) is 0 Å². The number of hydrogen-bond donors (Lipinski definition) is 1. The van der Waals surface area contributed by atoms with Crippen molar-refractivity contribution in [1.29, 1.82) is 0 Å². The van der Waals surface area contributed by atoms with E-state index < -0.39 is 0 Å². The van der Waals surface area contributed by atoms with Crippen LogP contribution in [0, 0.1) is 23.2 Å². The van der Waals surface area contributed by atoms with Crippen molar-refractivity contribution in [3.8, 4) is 0 Å². The number of piperidine rings is 1. The van der Waals surface area contributed by atoms with Crippen LogP contribution in [-0.2, 0) is 4.79 Å². The van der Waals surface area contributed by atoms with E-state index in [9.17, 15) is 4.79 Å². The lowest BCUT2D eigenvalue weighted by molar-refractivity contribution is -0.130. The Hall–Kier alpha value is -0.570. The maximum absolute atomic E-state index is 12.6. The van der Waals surface area contributed by atoms with Crippen LogP contribution in [0.2, 0.25) is 0 Å². The number of carbonyl (C=O) groups excluding carboxylic acids is 1. The lowest BCUT2D eigenvalue weighted by Gasteiger charge is -2.56. The van der Waals surface area contributed by atoms with Crippen molar-refractivity contribution in [2.45, 2.75) is 63.8 Å². The Morgan fingerprint density at radius 1 is 1.05 bits per heavy atom. The first-order valence-electron chi connectivity index (χ1n) is 9.08. The largest absolute Gasteiger partial charge is 0.353 e. The molecule has 1 heterocycles. The third-order valence-corrected chi connectivity index (χ3v) is 6.78. The minimum Gasteiger partial charge on any atom is -0.353 e. The fourth-order valence-corrected chi connectivity index (χ4v) is 6.28. The zero-order valence-corrected chi connectivity index (χ0v) is 13.4. The molecule has 4 aliphatic carbocycles. The number of hydrogen-bond acceptors (Lipinski definition) is 2. The fraction of sp³-hybridized carbons (Fsp3) is 0.944. The molecule has 5 aliphatic rings. The Balaban J connectivity index is 1.34. The quantitative estimate of drug-likeness (QED) is 0.867. The highest BCUT2D eigenvalue weighted by Gasteiger charge is 2.51. The third-order valence-electron chi connectivity index (χ3n) is 6.78. The number of rotatable bonds is 3. The summed E-state index contributed by atoms with van der Waals surface area (Å²) in [6.45, 7) is 2.25. The smallest absolute Gasteiger partial charge is 0.220 e. The van der Waals surface area contributed by atoms with Gasteiger partial charge in [0.25, 0.3) is 0 Å². The molecule has 0 unspecified atom stereocenters. The van der Waals surface area contributed by atoms with Gasteiger partial charge in [-0.1, -0.05) is 0 Å². The Labute approximate surface area is 128 Å². The van der Waals surface area contributed by atoms with Crippen molar-refractivity contribution in [3.63, 3.8) is 0 Å². The highest BCUT2D eigenvalue weighted by atomic mass is 16.1. The predicted molar refractivity (Wildman–Crippen MR) is 83.9 cm³/mol. The van der Waals surface area contributed by atoms with Gasteiger partial charge in [0.2, 0.25) is 5.91 Å². The molecule has 4 saturated carbocycles. The monoisotopic (exact) mass is 290 g/mol. The van der Waals surface area contributed by atoms with Crippen LogP contribution in [0.15, 0.2) is 0 Å². The van der Waals surface area contributed by atoms with Crippen LogP contribution in [-0.4, -0.2) is 37.0 Å². The zero-order valence-electron chi connectivity index (χ0n) is 13.4. The predicted octanol–water partition coefficient (Wildman–Crippen LogP) is 2.80. The molecule has 4 bridgehead atoms. The number of likely N-dealkylation sites (tertiary alicyclic amines) is 1. The van der Waals surface area contributed by atoms with Crippen LogP contribution in [0.4, 0.5) is 0 Å². The normalized spacial score (nSPS) is 43.2. The first-order valence-corrected chi connectivity index (χ1v) is 9.08. The van der Waals surface area contributed by atoms with Crippen LogP contribution in [0.3, 0.4) is 0 Å². The number of amides is 1. The highest BCUT2D eigenvalue weighted by Crippen LogP contribution is 2.61. The van der Waals surface area contributed by atoms with E-state index in [1.165, 1.54) is 38.5 Å². The third kappa shape index (κ3) is 2.86. The second kappa shape index (κ2) is 5.26. The number of carbonyl (C=O) groups is 1. The second-order valence-electron chi connectivity index (χ2n) is 8.74. The standard InChI is InChI=1S/C18H30N2O/c1-20-4-2-16(3-5-20)19-17(21)12-18-9-13-6-14(10-18)8-15(7-13)11-18/h13-16H,2-12H2,1H3,(H,19,21). The summed E-state index contributed by atoms with van der Waals surface area (Å²) in [4.78, 5) is 14.9. The molecule has 5 fully saturated rings. The molecule has 0 aromatic heterocycles. The summed E-state index contributed by atoms with van der Waals surface area (Å²) in [6, 6.07) is 0.433. The molecule has 21 heavy (non-hydrogen) atoms. The first kappa shape index (κ1) is 14.0. The second-order valence-corrected chi connectivity index (χ2v) is 8.74. The van der Waals surface area contributed by atoms with Gasteiger partial charge >= 0.3 is 0 Å². The lowest BCUT2D eigenvalue weighted by atomic mass is 9.49. The van der Waals surface area contributed by atoms with Gasteiger partial charge < -0.3 is 10.2 Å². The van der Waals surface area contributed by atoms with Crippen molar-refractivity contribution in [1.82, 2.24) is 10.2 Å². The Morgan fingerprint density at radius 3 is 2.10 bits per heavy atom. The molecule has 1 aliphatic heterocycles. The topological polar surface area (TPSA) is 32.3 Å². The van der Waals surface area contributed by atoms with Gasteiger partial charge in [-0.05, 0) is 94.7 Å². The number of nitrogens with one attached hydrogen (secondary N) is 1. The minimum absolute atomic E-state index is 0.353.